The summed E-state index contributed by atoms with van der Waals surface area (Å²) in [6.45, 7) is -0.214. The zero-order valence-corrected chi connectivity index (χ0v) is 16.1. The normalized spacial score (nSPS) is 15.3. The molecule has 0 radical (unpaired) electrons. The fraction of sp³-hybridized carbons (Fsp3) is 0.158. The molecule has 4 rings (SSSR count). The number of carbonyl (C=O) groups is 1. The molecule has 0 saturated carbocycles. The van der Waals surface area contributed by atoms with E-state index in [1.54, 1.807) is 36.4 Å². The fourth-order valence-corrected chi connectivity index (χ4v) is 4.26. The lowest BCUT2D eigenvalue weighted by molar-refractivity contribution is -0.118. The van der Waals surface area contributed by atoms with E-state index < -0.39 is 16.7 Å². The number of nitrogens with one attached hydrogen (secondary N) is 1. The maximum absolute atomic E-state index is 13.2. The second kappa shape index (κ2) is 7.73. The minimum atomic E-state index is -1.05. The summed E-state index contributed by atoms with van der Waals surface area (Å²) in [6, 6.07) is 12.4. The van der Waals surface area contributed by atoms with E-state index in [4.69, 9.17) is 16.3 Å². The molecule has 0 spiro atoms. The third kappa shape index (κ3) is 3.93. The van der Waals surface area contributed by atoms with Crippen LogP contribution in [0.15, 0.2) is 48.5 Å². The van der Waals surface area contributed by atoms with Crippen molar-refractivity contribution in [2.45, 2.75) is 11.5 Å². The number of fused-ring (bicyclic) bond motifs is 1. The molecule has 6 nitrogen and oxygen atoms in total. The van der Waals surface area contributed by atoms with Crippen LogP contribution in [0.5, 0.6) is 5.75 Å². The van der Waals surface area contributed by atoms with Gasteiger partial charge in [0.15, 0.2) is 6.61 Å². The van der Waals surface area contributed by atoms with Crippen LogP contribution in [0.3, 0.4) is 0 Å². The van der Waals surface area contributed by atoms with Gasteiger partial charge in [-0.25, -0.2) is 9.07 Å². The summed E-state index contributed by atoms with van der Waals surface area (Å²) >= 11 is 5.83. The number of anilines is 1. The molecule has 1 aliphatic heterocycles. The summed E-state index contributed by atoms with van der Waals surface area (Å²) in [4.78, 5) is 12.4. The smallest absolute Gasteiger partial charge is 0.263 e. The Morgan fingerprint density at radius 1 is 1.18 bits per heavy atom. The SMILES string of the molecule is O=C(COc1ccc(Cl)cc1)Nc1c2c(nn1-c1ccc(F)cc1)CS(=O)C2. The number of hydrogen-bond donors (Lipinski definition) is 1. The van der Waals surface area contributed by atoms with Crippen molar-refractivity contribution in [3.63, 3.8) is 0 Å². The standard InChI is InChI=1S/C19H15ClFN3O3S/c20-12-1-7-15(8-2-12)27-9-18(25)22-19-16-10-28(26)11-17(16)23-24(19)14-5-3-13(21)4-6-14/h1-8H,9-11H2,(H,22,25). The Kier molecular flexibility index (Phi) is 5.15. The molecule has 28 heavy (non-hydrogen) atoms. The lowest BCUT2D eigenvalue weighted by atomic mass is 10.2. The Morgan fingerprint density at radius 2 is 1.89 bits per heavy atom. The first-order valence-electron chi connectivity index (χ1n) is 8.39. The highest BCUT2D eigenvalue weighted by Crippen LogP contribution is 2.31. The maximum Gasteiger partial charge on any atom is 0.263 e. The van der Waals surface area contributed by atoms with E-state index in [9.17, 15) is 13.4 Å². The van der Waals surface area contributed by atoms with Crippen molar-refractivity contribution < 1.29 is 18.1 Å². The number of halogens is 2. The number of hydrogen-bond acceptors (Lipinski definition) is 4. The summed E-state index contributed by atoms with van der Waals surface area (Å²) in [6.07, 6.45) is 0. The number of carbonyl (C=O) groups excluding carboxylic acids is 1. The van der Waals surface area contributed by atoms with E-state index in [0.717, 1.165) is 5.56 Å². The average Bonchev–Trinajstić information content (AvgIpc) is 3.19. The lowest BCUT2D eigenvalue weighted by Crippen LogP contribution is -2.22. The van der Waals surface area contributed by atoms with Gasteiger partial charge in [0, 0.05) is 21.4 Å². The molecule has 3 aromatic rings. The van der Waals surface area contributed by atoms with Crippen LogP contribution in [0.4, 0.5) is 10.2 Å². The minimum Gasteiger partial charge on any atom is -0.484 e. The van der Waals surface area contributed by atoms with E-state index >= 15 is 0 Å². The van der Waals surface area contributed by atoms with E-state index in [1.165, 1.54) is 16.8 Å². The molecule has 2 aromatic carbocycles. The third-order valence-corrected chi connectivity index (χ3v) is 5.64. The number of amides is 1. The van der Waals surface area contributed by atoms with Crippen molar-refractivity contribution >= 4 is 34.1 Å². The lowest BCUT2D eigenvalue weighted by Gasteiger charge is -2.12. The highest BCUT2D eigenvalue weighted by Gasteiger charge is 2.28. The Balaban J connectivity index is 1.55. The van der Waals surface area contributed by atoms with Gasteiger partial charge in [0.1, 0.15) is 17.4 Å². The largest absolute Gasteiger partial charge is 0.484 e. The van der Waals surface area contributed by atoms with Gasteiger partial charge in [0.2, 0.25) is 0 Å². The number of aromatic nitrogens is 2. The molecule has 144 valence electrons. The van der Waals surface area contributed by atoms with E-state index in [-0.39, 0.29) is 12.4 Å². The van der Waals surface area contributed by atoms with Crippen molar-refractivity contribution in [2.24, 2.45) is 0 Å². The molecule has 0 saturated heterocycles. The van der Waals surface area contributed by atoms with Crippen molar-refractivity contribution in [1.82, 2.24) is 9.78 Å². The first kappa shape index (κ1) is 18.6. The van der Waals surface area contributed by atoms with Crippen LogP contribution in [0.25, 0.3) is 5.69 Å². The zero-order valence-electron chi connectivity index (χ0n) is 14.5. The first-order chi connectivity index (χ1) is 13.5. The molecular formula is C19H15ClFN3O3S. The summed E-state index contributed by atoms with van der Waals surface area (Å²) in [7, 11) is -1.05. The van der Waals surface area contributed by atoms with Gasteiger partial charge in [-0.15, -0.1) is 0 Å². The van der Waals surface area contributed by atoms with Crippen molar-refractivity contribution in [3.8, 4) is 11.4 Å². The molecule has 1 aliphatic rings. The molecule has 1 N–H and O–H groups in total. The molecule has 0 bridgehead atoms. The minimum absolute atomic E-state index is 0.214. The summed E-state index contributed by atoms with van der Waals surface area (Å²) in [5.41, 5.74) is 1.98. The predicted molar refractivity (Wildman–Crippen MR) is 105 cm³/mol. The molecule has 1 atom stereocenters. The van der Waals surface area contributed by atoms with Crippen LogP contribution in [0.2, 0.25) is 5.02 Å². The summed E-state index contributed by atoms with van der Waals surface area (Å²) < 4.78 is 32.1. The van der Waals surface area contributed by atoms with Crippen molar-refractivity contribution in [1.29, 1.82) is 0 Å². The van der Waals surface area contributed by atoms with Crippen molar-refractivity contribution in [3.05, 3.63) is 70.6 Å². The van der Waals surface area contributed by atoms with E-state index in [1.807, 2.05) is 0 Å². The fourth-order valence-electron chi connectivity index (χ4n) is 2.87. The van der Waals surface area contributed by atoms with Gasteiger partial charge in [0.05, 0.1) is 22.9 Å². The maximum atomic E-state index is 13.2. The quantitative estimate of drug-likeness (QED) is 0.687. The molecule has 1 aromatic heterocycles. The van der Waals surface area contributed by atoms with Crippen LogP contribution < -0.4 is 10.1 Å². The Labute approximate surface area is 167 Å². The molecular weight excluding hydrogens is 405 g/mol. The number of benzene rings is 2. The van der Waals surface area contributed by atoms with Gasteiger partial charge in [-0.3, -0.25) is 9.00 Å². The summed E-state index contributed by atoms with van der Waals surface area (Å²) in [5, 5.41) is 7.81. The van der Waals surface area contributed by atoms with E-state index in [2.05, 4.69) is 10.4 Å². The van der Waals surface area contributed by atoms with Gasteiger partial charge < -0.3 is 10.1 Å². The van der Waals surface area contributed by atoms with E-state index in [0.29, 0.717) is 39.5 Å². The van der Waals surface area contributed by atoms with Gasteiger partial charge in [-0.2, -0.15) is 5.10 Å². The van der Waals surface area contributed by atoms with Crippen molar-refractivity contribution in [2.75, 3.05) is 11.9 Å². The zero-order chi connectivity index (χ0) is 19.7. The Morgan fingerprint density at radius 3 is 2.61 bits per heavy atom. The van der Waals surface area contributed by atoms with Crippen LogP contribution in [-0.4, -0.2) is 26.5 Å². The monoisotopic (exact) mass is 419 g/mol. The highest BCUT2D eigenvalue weighted by molar-refractivity contribution is 7.83. The topological polar surface area (TPSA) is 73.2 Å². The van der Waals surface area contributed by atoms with Crippen LogP contribution >= 0.6 is 11.6 Å². The molecule has 0 aliphatic carbocycles. The number of rotatable bonds is 5. The van der Waals surface area contributed by atoms with Gasteiger partial charge >= 0.3 is 0 Å². The van der Waals surface area contributed by atoms with Crippen LogP contribution in [0.1, 0.15) is 11.3 Å². The predicted octanol–water partition coefficient (Wildman–Crippen LogP) is 3.44. The van der Waals surface area contributed by atoms with Gasteiger partial charge in [-0.1, -0.05) is 11.6 Å². The molecule has 1 amide bonds. The molecule has 9 heteroatoms. The van der Waals surface area contributed by atoms with Gasteiger partial charge in [0.25, 0.3) is 5.91 Å². The highest BCUT2D eigenvalue weighted by atomic mass is 35.5. The number of ether oxygens (including phenoxy) is 1. The second-order valence-electron chi connectivity index (χ2n) is 6.18. The average molecular weight is 420 g/mol. The van der Waals surface area contributed by atoms with Gasteiger partial charge in [-0.05, 0) is 48.5 Å². The Bertz CT molecular complexity index is 1050. The molecule has 0 fully saturated rings. The summed E-state index contributed by atoms with van der Waals surface area (Å²) in [5.74, 6) is 0.818. The first-order valence-corrected chi connectivity index (χ1v) is 10.3. The number of nitrogens with zero attached hydrogens (tertiary/aromatic N) is 2. The molecule has 1 unspecified atom stereocenters. The van der Waals surface area contributed by atoms with Crippen LogP contribution in [-0.2, 0) is 27.1 Å². The van der Waals surface area contributed by atoms with Crippen LogP contribution in [0, 0.1) is 5.82 Å². The molecule has 2 heterocycles. The third-order valence-electron chi connectivity index (χ3n) is 4.18. The second-order valence-corrected chi connectivity index (χ2v) is 8.07. The Hall–Kier alpha value is -2.71.